The van der Waals surface area contributed by atoms with Crippen molar-refractivity contribution in [2.24, 2.45) is 0 Å². The molecule has 2 N–H and O–H groups in total. The molecule has 4 nitrogen and oxygen atoms in total. The summed E-state index contributed by atoms with van der Waals surface area (Å²) in [6.45, 7) is 1.38. The van der Waals surface area contributed by atoms with E-state index in [-0.39, 0.29) is 0 Å². The summed E-state index contributed by atoms with van der Waals surface area (Å²) in [5, 5.41) is 15.3. The van der Waals surface area contributed by atoms with E-state index >= 15 is 0 Å². The summed E-state index contributed by atoms with van der Waals surface area (Å²) in [6, 6.07) is 17.8. The zero-order valence-electron chi connectivity index (χ0n) is 11.4. The van der Waals surface area contributed by atoms with E-state index in [1.54, 1.807) is 0 Å². The number of hydrogen-bond donors (Lipinski definition) is 2. The molecule has 0 aliphatic carbocycles. The van der Waals surface area contributed by atoms with Gasteiger partial charge in [0.25, 0.3) is 0 Å². The van der Waals surface area contributed by atoms with Crippen LogP contribution < -0.4 is 5.32 Å². The van der Waals surface area contributed by atoms with Crippen molar-refractivity contribution in [3.63, 3.8) is 0 Å². The maximum Gasteiger partial charge on any atom is 0.117 e. The normalized spacial score (nSPS) is 10.7. The molecule has 0 unspecified atom stereocenters. The number of aromatic amines is 1. The van der Waals surface area contributed by atoms with Gasteiger partial charge in [0.15, 0.2) is 0 Å². The molecule has 0 fully saturated rings. The first-order chi connectivity index (χ1) is 10.3. The predicted octanol–water partition coefficient (Wildman–Crippen LogP) is 3.41. The topological polar surface area (TPSA) is 53.6 Å². The van der Waals surface area contributed by atoms with Crippen LogP contribution in [0.15, 0.2) is 54.6 Å². The van der Waals surface area contributed by atoms with Crippen molar-refractivity contribution in [1.82, 2.24) is 20.7 Å². The predicted molar refractivity (Wildman–Crippen MR) is 83.8 cm³/mol. The van der Waals surface area contributed by atoms with Crippen LogP contribution in [-0.2, 0) is 13.1 Å². The largest absolute Gasteiger partial charge is 0.307 e. The summed E-state index contributed by atoms with van der Waals surface area (Å²) in [5.74, 6) is 0. The molecule has 0 bridgehead atoms. The zero-order valence-corrected chi connectivity index (χ0v) is 12.1. The van der Waals surface area contributed by atoms with E-state index in [1.807, 2.05) is 54.6 Å². The monoisotopic (exact) mass is 298 g/mol. The molecule has 0 spiro atoms. The molecule has 21 heavy (non-hydrogen) atoms. The molecular weight excluding hydrogens is 284 g/mol. The number of rotatable bonds is 5. The molecule has 2 aromatic carbocycles. The quantitative estimate of drug-likeness (QED) is 0.759. The van der Waals surface area contributed by atoms with Gasteiger partial charge in [0.05, 0.1) is 0 Å². The summed E-state index contributed by atoms with van der Waals surface area (Å²) in [6.07, 6.45) is 0. The Balaban J connectivity index is 1.66. The van der Waals surface area contributed by atoms with Gasteiger partial charge in [-0.05, 0) is 17.7 Å². The zero-order chi connectivity index (χ0) is 14.5. The van der Waals surface area contributed by atoms with E-state index in [4.69, 9.17) is 11.6 Å². The van der Waals surface area contributed by atoms with Crippen LogP contribution in [0.5, 0.6) is 0 Å². The van der Waals surface area contributed by atoms with E-state index in [9.17, 15) is 0 Å². The summed E-state index contributed by atoms with van der Waals surface area (Å²) < 4.78 is 0. The number of hydrogen-bond acceptors (Lipinski definition) is 3. The lowest BCUT2D eigenvalue weighted by atomic mass is 10.1. The highest BCUT2D eigenvalue weighted by Crippen LogP contribution is 2.18. The third kappa shape index (κ3) is 3.48. The van der Waals surface area contributed by atoms with Crippen molar-refractivity contribution in [3.05, 3.63) is 70.9 Å². The van der Waals surface area contributed by atoms with Crippen molar-refractivity contribution in [3.8, 4) is 11.3 Å². The van der Waals surface area contributed by atoms with Gasteiger partial charge in [-0.15, -0.1) is 0 Å². The Hall–Kier alpha value is -2.17. The maximum absolute atomic E-state index is 5.97. The standard InChI is InChI=1S/C16H15ClN4/c17-14-8-4-5-12(9-14)10-18-11-15-16(20-21-19-15)13-6-2-1-3-7-13/h1-9,18H,10-11H2,(H,19,20,21). The Morgan fingerprint density at radius 1 is 0.952 bits per heavy atom. The minimum absolute atomic E-state index is 0.646. The van der Waals surface area contributed by atoms with Crippen LogP contribution in [0.4, 0.5) is 0 Å². The van der Waals surface area contributed by atoms with Gasteiger partial charge in [-0.2, -0.15) is 15.4 Å². The Kier molecular flexibility index (Phi) is 4.28. The second-order valence-corrected chi connectivity index (χ2v) is 5.15. The minimum Gasteiger partial charge on any atom is -0.307 e. The van der Waals surface area contributed by atoms with Crippen LogP contribution in [0.2, 0.25) is 5.02 Å². The highest BCUT2D eigenvalue weighted by Gasteiger charge is 2.09. The molecular formula is C16H15ClN4. The van der Waals surface area contributed by atoms with Crippen molar-refractivity contribution in [2.75, 3.05) is 0 Å². The molecule has 3 aromatic rings. The summed E-state index contributed by atoms with van der Waals surface area (Å²) in [4.78, 5) is 0. The van der Waals surface area contributed by atoms with Gasteiger partial charge in [0.2, 0.25) is 0 Å². The van der Waals surface area contributed by atoms with Crippen molar-refractivity contribution < 1.29 is 0 Å². The summed E-state index contributed by atoms with van der Waals surface area (Å²) >= 11 is 5.97. The van der Waals surface area contributed by atoms with Gasteiger partial charge in [-0.1, -0.05) is 54.1 Å². The number of H-pyrrole nitrogens is 1. The Morgan fingerprint density at radius 3 is 2.62 bits per heavy atom. The molecule has 1 heterocycles. The van der Waals surface area contributed by atoms with Crippen molar-refractivity contribution >= 4 is 11.6 Å². The van der Waals surface area contributed by atoms with E-state index in [0.29, 0.717) is 6.54 Å². The van der Waals surface area contributed by atoms with Gasteiger partial charge < -0.3 is 5.32 Å². The molecule has 0 saturated carbocycles. The van der Waals surface area contributed by atoms with E-state index < -0.39 is 0 Å². The highest BCUT2D eigenvalue weighted by atomic mass is 35.5. The number of aromatic nitrogens is 3. The van der Waals surface area contributed by atoms with Gasteiger partial charge in [-0.25, -0.2) is 0 Å². The minimum atomic E-state index is 0.646. The molecule has 0 aliphatic heterocycles. The first-order valence-corrected chi connectivity index (χ1v) is 7.11. The number of nitrogens with zero attached hydrogens (tertiary/aromatic N) is 2. The van der Waals surface area contributed by atoms with Gasteiger partial charge >= 0.3 is 0 Å². The second kappa shape index (κ2) is 6.52. The van der Waals surface area contributed by atoms with Crippen LogP contribution in [0, 0.1) is 0 Å². The molecule has 0 amide bonds. The smallest absolute Gasteiger partial charge is 0.117 e. The van der Waals surface area contributed by atoms with E-state index in [2.05, 4.69) is 20.7 Å². The average Bonchev–Trinajstić information content (AvgIpc) is 2.97. The molecule has 0 radical (unpaired) electrons. The fourth-order valence-corrected chi connectivity index (χ4v) is 2.39. The second-order valence-electron chi connectivity index (χ2n) is 4.72. The van der Waals surface area contributed by atoms with Crippen molar-refractivity contribution in [1.29, 1.82) is 0 Å². The van der Waals surface area contributed by atoms with Gasteiger partial charge in [-0.3, -0.25) is 0 Å². The first-order valence-electron chi connectivity index (χ1n) is 6.73. The van der Waals surface area contributed by atoms with Crippen LogP contribution >= 0.6 is 11.6 Å². The third-order valence-corrected chi connectivity index (χ3v) is 3.41. The van der Waals surface area contributed by atoms with E-state index in [1.165, 1.54) is 0 Å². The average molecular weight is 299 g/mol. The molecule has 1 aromatic heterocycles. The van der Waals surface area contributed by atoms with Crippen LogP contribution in [-0.4, -0.2) is 15.4 Å². The SMILES string of the molecule is Clc1cccc(CNCc2n[nH]nc2-c2ccccc2)c1. The van der Waals surface area contributed by atoms with Crippen LogP contribution in [0.1, 0.15) is 11.3 Å². The molecule has 0 atom stereocenters. The first kappa shape index (κ1) is 13.8. The molecule has 106 valence electrons. The molecule has 5 heteroatoms. The molecule has 0 saturated heterocycles. The Labute approximate surface area is 128 Å². The van der Waals surface area contributed by atoms with Crippen LogP contribution in [0.3, 0.4) is 0 Å². The lowest BCUT2D eigenvalue weighted by Crippen LogP contribution is -2.13. The fourth-order valence-electron chi connectivity index (χ4n) is 2.18. The number of benzene rings is 2. The summed E-state index contributed by atoms with van der Waals surface area (Å²) in [5.41, 5.74) is 4.00. The van der Waals surface area contributed by atoms with E-state index in [0.717, 1.165) is 34.1 Å². The maximum atomic E-state index is 5.97. The lowest BCUT2D eigenvalue weighted by Gasteiger charge is -2.05. The number of nitrogens with one attached hydrogen (secondary N) is 2. The third-order valence-electron chi connectivity index (χ3n) is 3.18. The van der Waals surface area contributed by atoms with Gasteiger partial charge in [0.1, 0.15) is 11.4 Å². The Morgan fingerprint density at radius 2 is 1.81 bits per heavy atom. The summed E-state index contributed by atoms with van der Waals surface area (Å²) in [7, 11) is 0. The number of halogens is 1. The lowest BCUT2D eigenvalue weighted by molar-refractivity contribution is 0.678. The fraction of sp³-hybridized carbons (Fsp3) is 0.125. The van der Waals surface area contributed by atoms with Crippen molar-refractivity contribution in [2.45, 2.75) is 13.1 Å². The highest BCUT2D eigenvalue weighted by molar-refractivity contribution is 6.30. The Bertz CT molecular complexity index is 709. The van der Waals surface area contributed by atoms with Crippen LogP contribution in [0.25, 0.3) is 11.3 Å². The van der Waals surface area contributed by atoms with Gasteiger partial charge in [0, 0.05) is 23.7 Å². The molecule has 0 aliphatic rings. The molecule has 3 rings (SSSR count).